The van der Waals surface area contributed by atoms with Crippen molar-refractivity contribution in [3.05, 3.63) is 70.5 Å². The van der Waals surface area contributed by atoms with Crippen LogP contribution in [0.15, 0.2) is 53.6 Å². The number of benzene rings is 2. The number of alkyl halides is 2. The number of amides is 1. The summed E-state index contributed by atoms with van der Waals surface area (Å²) in [6.45, 7) is 5.84. The number of ether oxygens (including phenoxy) is 2. The Labute approximate surface area is 246 Å². The molecule has 2 aromatic carbocycles. The van der Waals surface area contributed by atoms with Crippen LogP contribution in [0.2, 0.25) is 0 Å². The zero-order valence-electron chi connectivity index (χ0n) is 24.6. The summed E-state index contributed by atoms with van der Waals surface area (Å²) in [5, 5.41) is 0.144. The smallest absolute Gasteiger partial charge is 0.410 e. The molecule has 228 valence electrons. The van der Waals surface area contributed by atoms with Gasteiger partial charge in [0.1, 0.15) is 17.2 Å². The minimum Gasteiger partial charge on any atom is -0.444 e. The topological polar surface area (TPSA) is 94.7 Å². The van der Waals surface area contributed by atoms with Crippen LogP contribution in [-0.4, -0.2) is 68.2 Å². The Morgan fingerprint density at radius 3 is 2.47 bits per heavy atom. The molecule has 2 aromatic heterocycles. The molecule has 13 heteroatoms. The van der Waals surface area contributed by atoms with Crippen molar-refractivity contribution in [1.29, 1.82) is 0 Å². The molecule has 0 aliphatic carbocycles. The van der Waals surface area contributed by atoms with Gasteiger partial charge >= 0.3 is 12.7 Å². The third kappa shape index (κ3) is 6.30. The molecule has 0 spiro atoms. The molecule has 43 heavy (non-hydrogen) atoms. The van der Waals surface area contributed by atoms with Crippen LogP contribution in [0.4, 0.5) is 23.9 Å². The first-order chi connectivity index (χ1) is 20.3. The Kier molecular flexibility index (Phi) is 8.08. The van der Waals surface area contributed by atoms with E-state index in [1.54, 1.807) is 27.8 Å². The summed E-state index contributed by atoms with van der Waals surface area (Å²) >= 11 is 0. The van der Waals surface area contributed by atoms with Crippen molar-refractivity contribution in [2.24, 2.45) is 7.05 Å². The predicted octanol–water partition coefficient (Wildman–Crippen LogP) is 5.03. The Hall–Kier alpha value is -4.55. The molecule has 1 unspecified atom stereocenters. The van der Waals surface area contributed by atoms with E-state index in [1.165, 1.54) is 36.3 Å². The molecule has 1 fully saturated rings. The highest BCUT2D eigenvalue weighted by Gasteiger charge is 2.31. The van der Waals surface area contributed by atoms with Gasteiger partial charge in [-0.25, -0.2) is 19.2 Å². The molecular formula is C30H33F3N6O4. The monoisotopic (exact) mass is 598 g/mol. The summed E-state index contributed by atoms with van der Waals surface area (Å²) in [6.07, 6.45) is 2.65. The molecule has 1 aliphatic heterocycles. The largest absolute Gasteiger partial charge is 0.444 e. The highest BCUT2D eigenvalue weighted by molar-refractivity contribution is 5.85. The van der Waals surface area contributed by atoms with Crippen LogP contribution < -0.4 is 15.2 Å². The van der Waals surface area contributed by atoms with Crippen molar-refractivity contribution in [3.8, 4) is 16.9 Å². The third-order valence-electron chi connectivity index (χ3n) is 7.25. The number of aromatic nitrogens is 4. The highest BCUT2D eigenvalue weighted by atomic mass is 19.3. The SMILES string of the molecule is CC1CN(c2ncc(-c3cc4c(cc3F)c(=O)n(C)n4Cc3ccccc3OC(F)F)cn2)CCN1C(=O)OC(C)(C)C. The first kappa shape index (κ1) is 29.9. The van der Waals surface area contributed by atoms with Crippen molar-refractivity contribution in [3.63, 3.8) is 0 Å². The molecule has 1 aliphatic rings. The van der Waals surface area contributed by atoms with E-state index < -0.39 is 23.6 Å². The maximum absolute atomic E-state index is 15.3. The van der Waals surface area contributed by atoms with Crippen LogP contribution in [0, 0.1) is 5.82 Å². The molecule has 0 bridgehead atoms. The number of hydrogen-bond donors (Lipinski definition) is 0. The molecular weight excluding hydrogens is 565 g/mol. The normalized spacial score (nSPS) is 15.8. The summed E-state index contributed by atoms with van der Waals surface area (Å²) < 4.78 is 54.3. The fourth-order valence-corrected chi connectivity index (χ4v) is 5.17. The summed E-state index contributed by atoms with van der Waals surface area (Å²) in [5.74, 6) is -0.202. The maximum Gasteiger partial charge on any atom is 0.410 e. The summed E-state index contributed by atoms with van der Waals surface area (Å²) in [4.78, 5) is 38.1. The molecule has 10 nitrogen and oxygen atoms in total. The number of piperazine rings is 1. The maximum atomic E-state index is 15.3. The van der Waals surface area contributed by atoms with E-state index in [0.29, 0.717) is 42.2 Å². The molecule has 1 amide bonds. The second-order valence-electron chi connectivity index (χ2n) is 11.5. The van der Waals surface area contributed by atoms with Crippen molar-refractivity contribution < 1.29 is 27.4 Å². The number of para-hydroxylation sites is 1. The summed E-state index contributed by atoms with van der Waals surface area (Å²) in [7, 11) is 1.53. The lowest BCUT2D eigenvalue weighted by molar-refractivity contribution is -0.0505. The molecule has 4 aromatic rings. The molecule has 1 saturated heterocycles. The summed E-state index contributed by atoms with van der Waals surface area (Å²) in [6, 6.07) is 8.86. The van der Waals surface area contributed by atoms with Gasteiger partial charge in [0.15, 0.2) is 0 Å². The lowest BCUT2D eigenvalue weighted by atomic mass is 10.1. The standard InChI is InChI=1S/C30H33F3N6O4/c1-18-16-37(10-11-38(18)29(41)43-30(2,3)4)28-34-14-20(15-35-28)21-13-24-22(12-23(21)31)26(40)36(5)39(24)17-19-8-6-7-9-25(19)42-27(32)33/h6-9,12-15,18,27H,10-11,16-17H2,1-5H3. The van der Waals surface area contributed by atoms with Crippen LogP contribution in [-0.2, 0) is 18.3 Å². The number of hydrogen-bond acceptors (Lipinski definition) is 7. The highest BCUT2D eigenvalue weighted by Crippen LogP contribution is 2.29. The van der Waals surface area contributed by atoms with Crippen molar-refractivity contribution in [2.45, 2.75) is 52.5 Å². The van der Waals surface area contributed by atoms with Gasteiger partial charge in [0, 0.05) is 61.8 Å². The Bertz CT molecular complexity index is 1700. The van der Waals surface area contributed by atoms with E-state index in [1.807, 2.05) is 32.6 Å². The molecule has 0 N–H and O–H groups in total. The van der Waals surface area contributed by atoms with Gasteiger partial charge in [0.25, 0.3) is 5.56 Å². The number of carbonyl (C=O) groups is 1. The van der Waals surface area contributed by atoms with Gasteiger partial charge in [0.2, 0.25) is 5.95 Å². The molecule has 0 saturated carbocycles. The Morgan fingerprint density at radius 1 is 1.12 bits per heavy atom. The van der Waals surface area contributed by atoms with Gasteiger partial charge in [-0.15, -0.1) is 0 Å². The fourth-order valence-electron chi connectivity index (χ4n) is 5.17. The van der Waals surface area contributed by atoms with Crippen LogP contribution in [0.3, 0.4) is 0 Å². The zero-order valence-corrected chi connectivity index (χ0v) is 24.6. The van der Waals surface area contributed by atoms with Crippen LogP contribution in [0.25, 0.3) is 22.0 Å². The third-order valence-corrected chi connectivity index (χ3v) is 7.25. The Morgan fingerprint density at radius 2 is 1.81 bits per heavy atom. The average molecular weight is 599 g/mol. The molecule has 0 radical (unpaired) electrons. The second-order valence-corrected chi connectivity index (χ2v) is 11.5. The summed E-state index contributed by atoms with van der Waals surface area (Å²) in [5.41, 5.74) is 0.388. The first-order valence-corrected chi connectivity index (χ1v) is 13.8. The number of nitrogens with zero attached hydrogens (tertiary/aromatic N) is 6. The van der Waals surface area contributed by atoms with Crippen molar-refractivity contribution in [1.82, 2.24) is 24.2 Å². The van der Waals surface area contributed by atoms with Crippen LogP contribution >= 0.6 is 0 Å². The van der Waals surface area contributed by atoms with Crippen molar-refractivity contribution in [2.75, 3.05) is 24.5 Å². The van der Waals surface area contributed by atoms with Crippen LogP contribution in [0.5, 0.6) is 5.75 Å². The molecule has 3 heterocycles. The van der Waals surface area contributed by atoms with Gasteiger partial charge in [-0.05, 0) is 45.9 Å². The molecule has 1 atom stereocenters. The van der Waals surface area contributed by atoms with E-state index in [0.717, 1.165) is 6.07 Å². The zero-order chi connectivity index (χ0) is 31.1. The number of carbonyl (C=O) groups excluding carboxylic acids is 1. The average Bonchev–Trinajstić information content (AvgIpc) is 3.16. The van der Waals surface area contributed by atoms with Gasteiger partial charge < -0.3 is 19.3 Å². The quantitative estimate of drug-likeness (QED) is 0.307. The van der Waals surface area contributed by atoms with Crippen LogP contribution in [0.1, 0.15) is 33.3 Å². The Balaban J connectivity index is 1.40. The second kappa shape index (κ2) is 11.6. The van der Waals surface area contributed by atoms with Gasteiger partial charge in [-0.1, -0.05) is 18.2 Å². The molecule has 5 rings (SSSR count). The van der Waals surface area contributed by atoms with E-state index in [2.05, 4.69) is 14.7 Å². The van der Waals surface area contributed by atoms with Gasteiger partial charge in [-0.2, -0.15) is 8.78 Å². The number of rotatable bonds is 6. The minimum absolute atomic E-state index is 0.0145. The number of halogens is 3. The lowest BCUT2D eigenvalue weighted by Crippen LogP contribution is -2.55. The predicted molar refractivity (Wildman–Crippen MR) is 155 cm³/mol. The first-order valence-electron chi connectivity index (χ1n) is 13.8. The van der Waals surface area contributed by atoms with E-state index in [-0.39, 0.29) is 35.4 Å². The minimum atomic E-state index is -3.01. The van der Waals surface area contributed by atoms with E-state index in [9.17, 15) is 18.4 Å². The fraction of sp³-hybridized carbons (Fsp3) is 0.400. The van der Waals surface area contributed by atoms with Crippen molar-refractivity contribution >= 4 is 22.9 Å². The van der Waals surface area contributed by atoms with Gasteiger partial charge in [0.05, 0.1) is 17.4 Å². The van der Waals surface area contributed by atoms with E-state index >= 15 is 4.39 Å². The number of fused-ring (bicyclic) bond motifs is 1. The number of anilines is 1. The van der Waals surface area contributed by atoms with Gasteiger partial charge in [-0.3, -0.25) is 14.2 Å². The van der Waals surface area contributed by atoms with E-state index in [4.69, 9.17) is 4.74 Å². The lowest BCUT2D eigenvalue weighted by Gasteiger charge is -2.40.